The van der Waals surface area contributed by atoms with Crippen LogP contribution >= 0.6 is 11.8 Å². The summed E-state index contributed by atoms with van der Waals surface area (Å²) in [7, 11) is 1.63. The number of thioether (sulfide) groups is 1. The molecule has 0 radical (unpaired) electrons. The molecule has 0 bridgehead atoms. The number of anilines is 1. The zero-order valence-electron chi connectivity index (χ0n) is 10.1. The van der Waals surface area contributed by atoms with Crippen molar-refractivity contribution < 1.29 is 9.53 Å². The number of allylic oxidation sites excluding steroid dienone is 1. The average Bonchev–Trinajstić information content (AvgIpc) is 2.30. The van der Waals surface area contributed by atoms with E-state index in [-0.39, 0.29) is 5.12 Å². The van der Waals surface area contributed by atoms with Gasteiger partial charge in [0.15, 0.2) is 5.12 Å². The van der Waals surface area contributed by atoms with Crippen LogP contribution in [0, 0.1) is 0 Å². The minimum Gasteiger partial charge on any atom is -0.497 e. The summed E-state index contributed by atoms with van der Waals surface area (Å²) in [4.78, 5) is 10.7. The molecule has 0 aliphatic rings. The Morgan fingerprint density at radius 1 is 1.53 bits per heavy atom. The van der Waals surface area contributed by atoms with Crippen molar-refractivity contribution in [1.29, 1.82) is 0 Å². The van der Waals surface area contributed by atoms with Gasteiger partial charge in [0.05, 0.1) is 7.11 Å². The predicted molar refractivity (Wildman–Crippen MR) is 74.2 cm³/mol. The quantitative estimate of drug-likeness (QED) is 0.645. The third kappa shape index (κ3) is 4.95. The van der Waals surface area contributed by atoms with Crippen molar-refractivity contribution in [2.24, 2.45) is 0 Å². The SMILES string of the molecule is COc1ccc(N)c(C=CCCSC(C)=O)c1. The van der Waals surface area contributed by atoms with Crippen LogP contribution < -0.4 is 10.5 Å². The van der Waals surface area contributed by atoms with E-state index in [1.54, 1.807) is 14.0 Å². The molecule has 0 saturated heterocycles. The van der Waals surface area contributed by atoms with Gasteiger partial charge in [-0.05, 0) is 24.6 Å². The van der Waals surface area contributed by atoms with Crippen LogP contribution in [0.25, 0.3) is 6.08 Å². The lowest BCUT2D eigenvalue weighted by Gasteiger charge is -2.04. The van der Waals surface area contributed by atoms with Crippen molar-refractivity contribution in [3.63, 3.8) is 0 Å². The first kappa shape index (κ1) is 13.6. The summed E-state index contributed by atoms with van der Waals surface area (Å²) in [6.07, 6.45) is 4.82. The second-order valence-corrected chi connectivity index (χ2v) is 4.80. The Morgan fingerprint density at radius 3 is 2.94 bits per heavy atom. The van der Waals surface area contributed by atoms with Gasteiger partial charge in [-0.3, -0.25) is 4.79 Å². The van der Waals surface area contributed by atoms with Crippen LogP contribution in [0.5, 0.6) is 5.75 Å². The number of hydrogen-bond donors (Lipinski definition) is 1. The molecule has 17 heavy (non-hydrogen) atoms. The largest absolute Gasteiger partial charge is 0.497 e. The van der Waals surface area contributed by atoms with Gasteiger partial charge in [0, 0.05) is 23.9 Å². The van der Waals surface area contributed by atoms with Crippen molar-refractivity contribution in [1.82, 2.24) is 0 Å². The predicted octanol–water partition coefficient (Wildman–Crippen LogP) is 2.96. The van der Waals surface area contributed by atoms with Crippen LogP contribution in [0.15, 0.2) is 24.3 Å². The molecule has 0 heterocycles. The van der Waals surface area contributed by atoms with Crippen molar-refractivity contribution in [2.75, 3.05) is 18.6 Å². The summed E-state index contributed by atoms with van der Waals surface area (Å²) in [6, 6.07) is 5.55. The molecule has 0 saturated carbocycles. The highest BCUT2D eigenvalue weighted by Crippen LogP contribution is 2.20. The number of nitrogen functional groups attached to an aromatic ring is 1. The van der Waals surface area contributed by atoms with Crippen LogP contribution in [0.2, 0.25) is 0 Å². The number of hydrogen-bond acceptors (Lipinski definition) is 4. The van der Waals surface area contributed by atoms with E-state index < -0.39 is 0 Å². The van der Waals surface area contributed by atoms with Gasteiger partial charge in [0.25, 0.3) is 0 Å². The highest BCUT2D eigenvalue weighted by molar-refractivity contribution is 8.13. The first-order valence-corrected chi connectivity index (χ1v) is 6.35. The highest BCUT2D eigenvalue weighted by atomic mass is 32.2. The molecule has 0 amide bonds. The lowest BCUT2D eigenvalue weighted by molar-refractivity contribution is -0.109. The molecule has 0 unspecified atom stereocenters. The monoisotopic (exact) mass is 251 g/mol. The van der Waals surface area contributed by atoms with Gasteiger partial charge in [0.2, 0.25) is 0 Å². The minimum absolute atomic E-state index is 0.152. The topological polar surface area (TPSA) is 52.3 Å². The zero-order valence-corrected chi connectivity index (χ0v) is 10.9. The summed E-state index contributed by atoms with van der Waals surface area (Å²) in [5.41, 5.74) is 7.51. The summed E-state index contributed by atoms with van der Waals surface area (Å²) < 4.78 is 5.13. The normalized spacial score (nSPS) is 10.7. The van der Waals surface area contributed by atoms with Crippen LogP contribution in [-0.4, -0.2) is 18.0 Å². The minimum atomic E-state index is 0.152. The van der Waals surface area contributed by atoms with Gasteiger partial charge in [-0.2, -0.15) is 0 Å². The van der Waals surface area contributed by atoms with E-state index in [0.717, 1.165) is 29.2 Å². The number of benzene rings is 1. The number of ether oxygens (including phenoxy) is 1. The molecule has 0 fully saturated rings. The van der Waals surface area contributed by atoms with Crippen molar-refractivity contribution in [3.05, 3.63) is 29.8 Å². The van der Waals surface area contributed by atoms with E-state index in [9.17, 15) is 4.79 Å². The fourth-order valence-electron chi connectivity index (χ4n) is 1.31. The Labute approximate surface area is 106 Å². The fourth-order valence-corrected chi connectivity index (χ4v) is 1.85. The Kier molecular flexibility index (Phi) is 5.63. The Morgan fingerprint density at radius 2 is 2.29 bits per heavy atom. The van der Waals surface area contributed by atoms with Gasteiger partial charge >= 0.3 is 0 Å². The van der Waals surface area contributed by atoms with Crippen molar-refractivity contribution in [3.8, 4) is 5.75 Å². The van der Waals surface area contributed by atoms with Gasteiger partial charge in [-0.15, -0.1) is 0 Å². The molecule has 3 nitrogen and oxygen atoms in total. The van der Waals surface area contributed by atoms with E-state index >= 15 is 0 Å². The van der Waals surface area contributed by atoms with E-state index in [0.29, 0.717) is 0 Å². The fraction of sp³-hybridized carbons (Fsp3) is 0.308. The average molecular weight is 251 g/mol. The first-order chi connectivity index (χ1) is 8.13. The molecule has 4 heteroatoms. The molecule has 92 valence electrons. The molecular formula is C13H17NO2S. The summed E-state index contributed by atoms with van der Waals surface area (Å²) >= 11 is 1.33. The second kappa shape index (κ2) is 7.01. The molecule has 1 rings (SSSR count). The lowest BCUT2D eigenvalue weighted by Crippen LogP contribution is -1.91. The van der Waals surface area contributed by atoms with Crippen LogP contribution in [0.4, 0.5) is 5.69 Å². The van der Waals surface area contributed by atoms with E-state index in [1.165, 1.54) is 11.8 Å². The van der Waals surface area contributed by atoms with Gasteiger partial charge in [-0.25, -0.2) is 0 Å². The van der Waals surface area contributed by atoms with Crippen molar-refractivity contribution in [2.45, 2.75) is 13.3 Å². The number of rotatable bonds is 5. The molecule has 1 aromatic carbocycles. The molecule has 0 spiro atoms. The molecule has 1 aromatic rings. The summed E-state index contributed by atoms with van der Waals surface area (Å²) in [5.74, 6) is 1.59. The van der Waals surface area contributed by atoms with Crippen LogP contribution in [-0.2, 0) is 4.79 Å². The smallest absolute Gasteiger partial charge is 0.185 e. The maximum Gasteiger partial charge on any atom is 0.185 e. The van der Waals surface area contributed by atoms with Gasteiger partial charge < -0.3 is 10.5 Å². The molecule has 0 atom stereocenters. The Balaban J connectivity index is 2.55. The molecule has 0 aromatic heterocycles. The number of carbonyl (C=O) groups excluding carboxylic acids is 1. The number of methoxy groups -OCH3 is 1. The number of carbonyl (C=O) groups is 1. The van der Waals surface area contributed by atoms with E-state index in [4.69, 9.17) is 10.5 Å². The standard InChI is InChI=1S/C13H17NO2S/c1-10(15)17-8-4-3-5-11-9-12(16-2)6-7-13(11)14/h3,5-7,9H,4,8,14H2,1-2H3. The van der Waals surface area contributed by atoms with Crippen molar-refractivity contribution >= 4 is 28.6 Å². The number of nitrogens with two attached hydrogens (primary N) is 1. The summed E-state index contributed by atoms with van der Waals surface area (Å²) in [6.45, 7) is 1.58. The van der Waals surface area contributed by atoms with Crippen LogP contribution in [0.3, 0.4) is 0 Å². The highest BCUT2D eigenvalue weighted by Gasteiger charge is 1.97. The van der Waals surface area contributed by atoms with Crippen LogP contribution in [0.1, 0.15) is 18.9 Å². The molecule has 0 aliphatic heterocycles. The lowest BCUT2D eigenvalue weighted by atomic mass is 10.1. The third-order valence-electron chi connectivity index (χ3n) is 2.18. The van der Waals surface area contributed by atoms with Gasteiger partial charge in [0.1, 0.15) is 5.75 Å². The van der Waals surface area contributed by atoms with Gasteiger partial charge in [-0.1, -0.05) is 23.9 Å². The molecule has 2 N–H and O–H groups in total. The maximum atomic E-state index is 10.7. The Bertz CT molecular complexity index is 416. The second-order valence-electron chi connectivity index (χ2n) is 3.53. The van der Waals surface area contributed by atoms with E-state index in [1.807, 2.05) is 30.4 Å². The Hall–Kier alpha value is -1.42. The maximum absolute atomic E-state index is 10.7. The van der Waals surface area contributed by atoms with E-state index in [2.05, 4.69) is 0 Å². The third-order valence-corrected chi connectivity index (χ3v) is 3.03. The molecule has 0 aliphatic carbocycles. The molecular weight excluding hydrogens is 234 g/mol. The first-order valence-electron chi connectivity index (χ1n) is 5.37. The summed E-state index contributed by atoms with van der Waals surface area (Å²) in [5, 5.41) is 0.152. The zero-order chi connectivity index (χ0) is 12.7.